The molecule has 0 saturated carbocycles. The fraction of sp³-hybridized carbons (Fsp3) is 0.750. The first kappa shape index (κ1) is 12.0. The van der Waals surface area contributed by atoms with Crippen LogP contribution in [0.5, 0.6) is 0 Å². The van der Waals surface area contributed by atoms with Gasteiger partial charge in [0.05, 0.1) is 6.04 Å². The van der Waals surface area contributed by atoms with Crippen LogP contribution in [-0.4, -0.2) is 35.6 Å². The molecule has 1 fully saturated rings. The van der Waals surface area contributed by atoms with Gasteiger partial charge < -0.3 is 5.32 Å². The highest BCUT2D eigenvalue weighted by molar-refractivity contribution is 7.09. The lowest BCUT2D eigenvalue weighted by molar-refractivity contribution is 0.233. The van der Waals surface area contributed by atoms with E-state index in [1.807, 2.05) is 6.20 Å². The number of thiazole rings is 1. The Morgan fingerprint density at radius 2 is 2.50 bits per heavy atom. The standard InChI is InChI=1S/C12H21N3S/c1-3-11(12-14-6-8-16-12)15-7-5-10(9-15)13-4-2/h6,8,10-11,13H,3-5,7,9H2,1-2H3. The second-order valence-corrected chi connectivity index (χ2v) is 5.26. The van der Waals surface area contributed by atoms with Crippen molar-refractivity contribution in [3.8, 4) is 0 Å². The smallest absolute Gasteiger partial charge is 0.110 e. The Bertz CT molecular complexity index is 299. The minimum Gasteiger partial charge on any atom is -0.313 e. The Hall–Kier alpha value is -0.450. The molecule has 1 aliphatic rings. The summed E-state index contributed by atoms with van der Waals surface area (Å²) in [6, 6.07) is 1.21. The van der Waals surface area contributed by atoms with Gasteiger partial charge in [0.15, 0.2) is 0 Å². The molecule has 2 unspecified atom stereocenters. The number of rotatable bonds is 5. The fourth-order valence-electron chi connectivity index (χ4n) is 2.51. The van der Waals surface area contributed by atoms with Gasteiger partial charge in [-0.1, -0.05) is 13.8 Å². The van der Waals surface area contributed by atoms with E-state index in [2.05, 4.69) is 34.4 Å². The van der Waals surface area contributed by atoms with Crippen LogP contribution in [0.25, 0.3) is 0 Å². The number of nitrogens with zero attached hydrogens (tertiary/aromatic N) is 2. The van der Waals surface area contributed by atoms with Gasteiger partial charge in [0, 0.05) is 30.7 Å². The maximum atomic E-state index is 4.46. The summed E-state index contributed by atoms with van der Waals surface area (Å²) in [5.74, 6) is 0. The number of likely N-dealkylation sites (tertiary alicyclic amines) is 1. The molecule has 4 heteroatoms. The van der Waals surface area contributed by atoms with E-state index in [-0.39, 0.29) is 0 Å². The van der Waals surface area contributed by atoms with Crippen LogP contribution >= 0.6 is 11.3 Å². The van der Waals surface area contributed by atoms with Gasteiger partial charge in [0.1, 0.15) is 5.01 Å². The largest absolute Gasteiger partial charge is 0.313 e. The van der Waals surface area contributed by atoms with Crippen molar-refractivity contribution in [3.05, 3.63) is 16.6 Å². The van der Waals surface area contributed by atoms with Gasteiger partial charge >= 0.3 is 0 Å². The zero-order chi connectivity index (χ0) is 11.4. The summed E-state index contributed by atoms with van der Waals surface area (Å²) < 4.78 is 0. The first-order valence-electron chi connectivity index (χ1n) is 6.22. The minimum absolute atomic E-state index is 0.531. The molecule has 0 radical (unpaired) electrons. The zero-order valence-electron chi connectivity index (χ0n) is 10.1. The minimum atomic E-state index is 0.531. The van der Waals surface area contributed by atoms with Gasteiger partial charge in [-0.05, 0) is 19.4 Å². The lowest BCUT2D eigenvalue weighted by Gasteiger charge is -2.25. The van der Waals surface area contributed by atoms with Gasteiger partial charge in [-0.2, -0.15) is 0 Å². The van der Waals surface area contributed by atoms with E-state index in [9.17, 15) is 0 Å². The van der Waals surface area contributed by atoms with Gasteiger partial charge in [0.2, 0.25) is 0 Å². The highest BCUT2D eigenvalue weighted by Crippen LogP contribution is 2.28. The number of hydrogen-bond acceptors (Lipinski definition) is 4. The van der Waals surface area contributed by atoms with Crippen LogP contribution in [0, 0.1) is 0 Å². The van der Waals surface area contributed by atoms with Crippen molar-refractivity contribution in [2.45, 2.75) is 38.8 Å². The molecule has 2 atom stereocenters. The molecule has 2 heterocycles. The molecule has 1 saturated heterocycles. The molecule has 3 nitrogen and oxygen atoms in total. The van der Waals surface area contributed by atoms with E-state index in [0.29, 0.717) is 12.1 Å². The SMILES string of the molecule is CCNC1CCN(C(CC)c2nccs2)C1. The lowest BCUT2D eigenvalue weighted by Crippen LogP contribution is -2.33. The fourth-order valence-corrected chi connectivity index (χ4v) is 3.37. The molecule has 2 rings (SSSR count). The number of hydrogen-bond donors (Lipinski definition) is 1. The maximum absolute atomic E-state index is 4.46. The van der Waals surface area contributed by atoms with Crippen molar-refractivity contribution in [1.82, 2.24) is 15.2 Å². The average molecular weight is 239 g/mol. The molecule has 1 aromatic rings. The number of nitrogens with one attached hydrogen (secondary N) is 1. The summed E-state index contributed by atoms with van der Waals surface area (Å²) in [5.41, 5.74) is 0. The predicted octanol–water partition coefficient (Wildman–Crippen LogP) is 2.28. The summed E-state index contributed by atoms with van der Waals surface area (Å²) in [5, 5.41) is 6.90. The van der Waals surface area contributed by atoms with Crippen molar-refractivity contribution in [2.24, 2.45) is 0 Å². The first-order chi connectivity index (χ1) is 7.85. The van der Waals surface area contributed by atoms with Crippen LogP contribution < -0.4 is 5.32 Å². The highest BCUT2D eigenvalue weighted by atomic mass is 32.1. The van der Waals surface area contributed by atoms with E-state index in [4.69, 9.17) is 0 Å². The molecule has 1 aliphatic heterocycles. The first-order valence-corrected chi connectivity index (χ1v) is 7.10. The highest BCUT2D eigenvalue weighted by Gasteiger charge is 2.28. The topological polar surface area (TPSA) is 28.2 Å². The summed E-state index contributed by atoms with van der Waals surface area (Å²) in [7, 11) is 0. The molecule has 0 aromatic carbocycles. The third kappa shape index (κ3) is 2.62. The van der Waals surface area contributed by atoms with Crippen LogP contribution in [-0.2, 0) is 0 Å². The zero-order valence-corrected chi connectivity index (χ0v) is 11.0. The third-order valence-electron chi connectivity index (χ3n) is 3.28. The Labute approximate surface area is 102 Å². The lowest BCUT2D eigenvalue weighted by atomic mass is 10.2. The molecule has 0 aliphatic carbocycles. The molecule has 16 heavy (non-hydrogen) atoms. The van der Waals surface area contributed by atoms with E-state index in [0.717, 1.165) is 13.0 Å². The molecule has 1 aromatic heterocycles. The summed E-state index contributed by atoms with van der Waals surface area (Å²) in [6.07, 6.45) is 4.35. The molecule has 90 valence electrons. The molecular formula is C12H21N3S. The van der Waals surface area contributed by atoms with Crippen LogP contribution in [0.15, 0.2) is 11.6 Å². The third-order valence-corrected chi connectivity index (χ3v) is 4.15. The van der Waals surface area contributed by atoms with Gasteiger partial charge in [-0.15, -0.1) is 11.3 Å². The summed E-state index contributed by atoms with van der Waals surface area (Å²) >= 11 is 1.78. The Kier molecular flexibility index (Phi) is 4.32. The van der Waals surface area contributed by atoms with Crippen molar-refractivity contribution < 1.29 is 0 Å². The quantitative estimate of drug-likeness (QED) is 0.854. The van der Waals surface area contributed by atoms with Crippen LogP contribution in [0.2, 0.25) is 0 Å². The van der Waals surface area contributed by atoms with E-state index >= 15 is 0 Å². The average Bonchev–Trinajstić information content (AvgIpc) is 2.92. The number of aromatic nitrogens is 1. The molecular weight excluding hydrogens is 218 g/mol. The normalized spacial score (nSPS) is 23.8. The van der Waals surface area contributed by atoms with E-state index in [1.165, 1.54) is 24.5 Å². The van der Waals surface area contributed by atoms with Crippen molar-refractivity contribution in [1.29, 1.82) is 0 Å². The van der Waals surface area contributed by atoms with E-state index in [1.54, 1.807) is 11.3 Å². The van der Waals surface area contributed by atoms with Crippen molar-refractivity contribution >= 4 is 11.3 Å². The van der Waals surface area contributed by atoms with Crippen LogP contribution in [0.3, 0.4) is 0 Å². The van der Waals surface area contributed by atoms with Crippen molar-refractivity contribution in [3.63, 3.8) is 0 Å². The molecule has 1 N–H and O–H groups in total. The van der Waals surface area contributed by atoms with Gasteiger partial charge in [-0.25, -0.2) is 4.98 Å². The Morgan fingerprint density at radius 3 is 3.12 bits per heavy atom. The Morgan fingerprint density at radius 1 is 1.62 bits per heavy atom. The monoisotopic (exact) mass is 239 g/mol. The van der Waals surface area contributed by atoms with Gasteiger partial charge in [-0.3, -0.25) is 4.90 Å². The second kappa shape index (κ2) is 5.75. The van der Waals surface area contributed by atoms with Crippen LogP contribution in [0.1, 0.15) is 37.7 Å². The second-order valence-electron chi connectivity index (χ2n) is 4.33. The predicted molar refractivity (Wildman–Crippen MR) is 68.8 cm³/mol. The molecule has 0 bridgehead atoms. The summed E-state index contributed by atoms with van der Waals surface area (Å²) in [6.45, 7) is 7.89. The number of likely N-dealkylation sites (N-methyl/N-ethyl adjacent to an activating group) is 1. The van der Waals surface area contributed by atoms with Crippen LogP contribution in [0.4, 0.5) is 0 Å². The molecule has 0 amide bonds. The summed E-state index contributed by atoms with van der Waals surface area (Å²) in [4.78, 5) is 7.04. The van der Waals surface area contributed by atoms with E-state index < -0.39 is 0 Å². The van der Waals surface area contributed by atoms with Gasteiger partial charge in [0.25, 0.3) is 0 Å². The maximum Gasteiger partial charge on any atom is 0.110 e. The molecule has 0 spiro atoms. The Balaban J connectivity index is 1.96. The van der Waals surface area contributed by atoms with Crippen molar-refractivity contribution in [2.75, 3.05) is 19.6 Å².